The molecule has 0 fully saturated rings. The normalized spacial score (nSPS) is 22.1. The van der Waals surface area contributed by atoms with Gasteiger partial charge in [0.05, 0.1) is 0 Å². The fourth-order valence-electron chi connectivity index (χ4n) is 3.36. The van der Waals surface area contributed by atoms with Gasteiger partial charge in [0.2, 0.25) is 0 Å². The average molecular weight is 303 g/mol. The number of amides is 1. The lowest BCUT2D eigenvalue weighted by Crippen LogP contribution is -2.42. The minimum absolute atomic E-state index is 0.0754. The van der Waals surface area contributed by atoms with Gasteiger partial charge in [0.15, 0.2) is 11.3 Å². The Morgan fingerprint density at radius 3 is 2.83 bits per heavy atom. The van der Waals surface area contributed by atoms with Gasteiger partial charge in [-0.05, 0) is 18.2 Å². The molecule has 2 aromatic carbocycles. The van der Waals surface area contributed by atoms with E-state index in [0.717, 1.165) is 27.9 Å². The van der Waals surface area contributed by atoms with E-state index in [2.05, 4.69) is 15.8 Å². The number of para-hydroxylation sites is 2. The van der Waals surface area contributed by atoms with E-state index in [0.29, 0.717) is 12.2 Å². The van der Waals surface area contributed by atoms with Crippen LogP contribution in [0.15, 0.2) is 64.1 Å². The molecule has 1 spiro atoms. The Morgan fingerprint density at radius 2 is 1.91 bits per heavy atom. The van der Waals surface area contributed by atoms with Gasteiger partial charge in [0, 0.05) is 23.1 Å². The Labute approximate surface area is 132 Å². The van der Waals surface area contributed by atoms with Gasteiger partial charge in [-0.2, -0.15) is 5.10 Å². The van der Waals surface area contributed by atoms with Crippen LogP contribution in [-0.4, -0.2) is 11.6 Å². The van der Waals surface area contributed by atoms with Crippen LogP contribution in [-0.2, 0) is 10.3 Å². The lowest BCUT2D eigenvalue weighted by atomic mass is 9.87. The number of hydrogen-bond donors (Lipinski definition) is 2. The van der Waals surface area contributed by atoms with Crippen LogP contribution in [0, 0.1) is 0 Å². The summed E-state index contributed by atoms with van der Waals surface area (Å²) in [5.41, 5.74) is 5.57. The number of anilines is 1. The molecule has 5 nitrogen and oxygen atoms in total. The smallest absolute Gasteiger partial charge is 0.256 e. The van der Waals surface area contributed by atoms with Crippen LogP contribution in [0.25, 0.3) is 11.0 Å². The third kappa shape index (κ3) is 1.61. The highest BCUT2D eigenvalue weighted by Crippen LogP contribution is 2.41. The van der Waals surface area contributed by atoms with Gasteiger partial charge >= 0.3 is 0 Å². The maximum absolute atomic E-state index is 12.5. The molecule has 0 unspecified atom stereocenters. The molecule has 1 amide bonds. The molecule has 0 aliphatic carbocycles. The number of furan rings is 1. The number of rotatable bonds is 1. The molecule has 3 aromatic rings. The van der Waals surface area contributed by atoms with Crippen LogP contribution in [0.1, 0.15) is 17.7 Å². The Kier molecular flexibility index (Phi) is 2.29. The van der Waals surface area contributed by atoms with Crippen molar-refractivity contribution >= 4 is 28.3 Å². The van der Waals surface area contributed by atoms with E-state index in [1.54, 1.807) is 0 Å². The molecule has 0 bridgehead atoms. The monoisotopic (exact) mass is 303 g/mol. The zero-order chi connectivity index (χ0) is 15.4. The van der Waals surface area contributed by atoms with Crippen LogP contribution < -0.4 is 10.7 Å². The maximum atomic E-state index is 12.5. The summed E-state index contributed by atoms with van der Waals surface area (Å²) < 4.78 is 5.88. The second-order valence-corrected chi connectivity index (χ2v) is 5.90. The number of fused-ring (bicyclic) bond motifs is 3. The van der Waals surface area contributed by atoms with Crippen molar-refractivity contribution in [3.63, 3.8) is 0 Å². The molecule has 5 rings (SSSR count). The first-order valence-electron chi connectivity index (χ1n) is 7.50. The standard InChI is InChI=1S/C18H13N3O2/c22-17-18(12-6-2-3-7-13(12)19-17)10-14(20-21-18)16-9-11-5-1-4-8-15(11)23-16/h1-9,21H,10H2,(H,19,22)/t18-/m1/s1. The summed E-state index contributed by atoms with van der Waals surface area (Å²) in [7, 11) is 0. The van der Waals surface area contributed by atoms with E-state index in [-0.39, 0.29) is 5.91 Å². The van der Waals surface area contributed by atoms with E-state index in [9.17, 15) is 4.79 Å². The van der Waals surface area contributed by atoms with Gasteiger partial charge in [0.25, 0.3) is 5.91 Å². The molecule has 1 aromatic heterocycles. The van der Waals surface area contributed by atoms with Crippen LogP contribution in [0.4, 0.5) is 5.69 Å². The number of hydrazone groups is 1. The molecule has 3 heterocycles. The van der Waals surface area contributed by atoms with Gasteiger partial charge in [-0.15, -0.1) is 0 Å². The van der Waals surface area contributed by atoms with Crippen molar-refractivity contribution < 1.29 is 9.21 Å². The van der Waals surface area contributed by atoms with Crippen LogP contribution in [0.3, 0.4) is 0 Å². The highest BCUT2D eigenvalue weighted by molar-refractivity contribution is 6.13. The second-order valence-electron chi connectivity index (χ2n) is 5.90. The van der Waals surface area contributed by atoms with Gasteiger partial charge in [-0.3, -0.25) is 10.2 Å². The van der Waals surface area contributed by atoms with E-state index < -0.39 is 5.54 Å². The lowest BCUT2D eigenvalue weighted by molar-refractivity contribution is -0.121. The molecule has 2 aliphatic rings. The SMILES string of the molecule is O=C1Nc2ccccc2[C@]12CC(c1cc3ccccc3o1)=NN2. The Balaban J connectivity index is 1.56. The summed E-state index contributed by atoms with van der Waals surface area (Å²) in [5, 5.41) is 8.35. The van der Waals surface area contributed by atoms with Crippen molar-refractivity contribution in [2.24, 2.45) is 5.10 Å². The molecule has 112 valence electrons. The molecule has 0 saturated heterocycles. The zero-order valence-corrected chi connectivity index (χ0v) is 12.2. The predicted octanol–water partition coefficient (Wildman–Crippen LogP) is 2.98. The van der Waals surface area contributed by atoms with Crippen LogP contribution in [0.2, 0.25) is 0 Å². The summed E-state index contributed by atoms with van der Waals surface area (Å²) in [6.45, 7) is 0. The van der Waals surface area contributed by atoms with Crippen LogP contribution >= 0.6 is 0 Å². The summed E-state index contributed by atoms with van der Waals surface area (Å²) in [6, 6.07) is 17.5. The maximum Gasteiger partial charge on any atom is 0.256 e. The highest BCUT2D eigenvalue weighted by atomic mass is 16.3. The molecule has 2 aliphatic heterocycles. The largest absolute Gasteiger partial charge is 0.455 e. The zero-order valence-electron chi connectivity index (χ0n) is 12.2. The first-order valence-corrected chi connectivity index (χ1v) is 7.50. The lowest BCUT2D eigenvalue weighted by Gasteiger charge is -2.20. The summed E-state index contributed by atoms with van der Waals surface area (Å²) in [4.78, 5) is 12.5. The second kappa shape index (κ2) is 4.23. The van der Waals surface area contributed by atoms with Crippen molar-refractivity contribution in [3.05, 3.63) is 65.9 Å². The first kappa shape index (κ1) is 12.5. The Hall–Kier alpha value is -3.08. The molecule has 23 heavy (non-hydrogen) atoms. The number of nitrogens with one attached hydrogen (secondary N) is 2. The molecule has 5 heteroatoms. The Bertz CT molecular complexity index is 956. The van der Waals surface area contributed by atoms with Gasteiger partial charge in [-0.1, -0.05) is 36.4 Å². The Morgan fingerprint density at radius 1 is 1.09 bits per heavy atom. The van der Waals surface area contributed by atoms with Crippen molar-refractivity contribution in [1.29, 1.82) is 0 Å². The topological polar surface area (TPSA) is 66.6 Å². The molecular weight excluding hydrogens is 290 g/mol. The minimum Gasteiger partial charge on any atom is -0.455 e. The predicted molar refractivity (Wildman–Crippen MR) is 87.3 cm³/mol. The summed E-state index contributed by atoms with van der Waals surface area (Å²) in [6.07, 6.45) is 0.468. The number of nitrogens with zero attached hydrogens (tertiary/aromatic N) is 1. The van der Waals surface area contributed by atoms with E-state index in [4.69, 9.17) is 4.42 Å². The highest BCUT2D eigenvalue weighted by Gasteiger charge is 2.51. The van der Waals surface area contributed by atoms with Crippen molar-refractivity contribution in [3.8, 4) is 0 Å². The number of carbonyl (C=O) groups excluding carboxylic acids is 1. The van der Waals surface area contributed by atoms with Crippen molar-refractivity contribution in [1.82, 2.24) is 5.43 Å². The number of benzene rings is 2. The average Bonchev–Trinajstić information content (AvgIpc) is 3.26. The van der Waals surface area contributed by atoms with E-state index in [1.807, 2.05) is 54.6 Å². The summed E-state index contributed by atoms with van der Waals surface area (Å²) in [5.74, 6) is 0.626. The quantitative estimate of drug-likeness (QED) is 0.726. The summed E-state index contributed by atoms with van der Waals surface area (Å²) >= 11 is 0. The number of hydrogen-bond acceptors (Lipinski definition) is 4. The van der Waals surface area contributed by atoms with Gasteiger partial charge < -0.3 is 9.73 Å². The minimum atomic E-state index is -0.828. The fourth-order valence-corrected chi connectivity index (χ4v) is 3.36. The fraction of sp³-hybridized carbons (Fsp3) is 0.111. The van der Waals surface area contributed by atoms with Gasteiger partial charge in [-0.25, -0.2) is 0 Å². The van der Waals surface area contributed by atoms with Crippen molar-refractivity contribution in [2.45, 2.75) is 12.0 Å². The molecule has 0 saturated carbocycles. The molecule has 1 atom stereocenters. The van der Waals surface area contributed by atoms with Gasteiger partial charge in [0.1, 0.15) is 11.3 Å². The van der Waals surface area contributed by atoms with E-state index >= 15 is 0 Å². The molecule has 2 N–H and O–H groups in total. The van der Waals surface area contributed by atoms with Crippen molar-refractivity contribution in [2.75, 3.05) is 5.32 Å². The number of carbonyl (C=O) groups is 1. The first-order chi connectivity index (χ1) is 11.3. The molecule has 0 radical (unpaired) electrons. The van der Waals surface area contributed by atoms with Crippen LogP contribution in [0.5, 0.6) is 0 Å². The molecular formula is C18H13N3O2. The third-order valence-corrected chi connectivity index (χ3v) is 4.55. The van der Waals surface area contributed by atoms with E-state index in [1.165, 1.54) is 0 Å². The third-order valence-electron chi connectivity index (χ3n) is 4.55.